The maximum atomic E-state index is 10.7. The van der Waals surface area contributed by atoms with Crippen molar-refractivity contribution in [1.82, 2.24) is 0 Å². The van der Waals surface area contributed by atoms with Gasteiger partial charge in [0, 0.05) is 0 Å². The third kappa shape index (κ3) is 3.02. The number of hydrogen-bond acceptors (Lipinski definition) is 1. The van der Waals surface area contributed by atoms with Gasteiger partial charge in [-0.2, -0.15) is 0 Å². The van der Waals surface area contributed by atoms with E-state index in [4.69, 9.17) is 0 Å². The van der Waals surface area contributed by atoms with Crippen molar-refractivity contribution in [3.05, 3.63) is 35.9 Å². The van der Waals surface area contributed by atoms with E-state index >= 15 is 0 Å². The van der Waals surface area contributed by atoms with Crippen LogP contribution in [-0.4, -0.2) is 6.29 Å². The van der Waals surface area contributed by atoms with E-state index in [2.05, 4.69) is 13.2 Å². The Kier molecular flexibility index (Phi) is 4.24. The minimum Gasteiger partial charge on any atom is -0.290 e. The largest absolute Gasteiger partial charge is 0.290 e. The van der Waals surface area contributed by atoms with Crippen LogP contribution >= 0.6 is 0 Å². The molecule has 0 amide bonds. The topological polar surface area (TPSA) is 17.1 Å². The molecule has 0 aliphatic rings. The van der Waals surface area contributed by atoms with Gasteiger partial charge in [-0.05, 0) is 12.0 Å². The smallest absolute Gasteiger partial charge is 0.206 e. The van der Waals surface area contributed by atoms with Gasteiger partial charge in [-0.15, -0.1) is 0 Å². The van der Waals surface area contributed by atoms with Gasteiger partial charge in [0.2, 0.25) is 6.29 Å². The fourth-order valence-corrected chi connectivity index (χ4v) is 1.39. The SMILES string of the molecule is CCCCC([C]=O)c1ccccc1. The summed E-state index contributed by atoms with van der Waals surface area (Å²) in [6.07, 6.45) is 5.25. The van der Waals surface area contributed by atoms with E-state index in [0.717, 1.165) is 24.8 Å². The summed E-state index contributed by atoms with van der Waals surface area (Å²) in [5.41, 5.74) is 1.09. The average Bonchev–Trinajstić information content (AvgIpc) is 2.21. The van der Waals surface area contributed by atoms with Crippen molar-refractivity contribution >= 4 is 6.29 Å². The summed E-state index contributed by atoms with van der Waals surface area (Å²) < 4.78 is 0. The molecule has 0 fully saturated rings. The number of carbonyl (C=O) groups excluding carboxylic acids is 1. The third-order valence-electron chi connectivity index (χ3n) is 2.19. The molecule has 1 rings (SSSR count). The highest BCUT2D eigenvalue weighted by Gasteiger charge is 2.09. The molecule has 1 aromatic carbocycles. The van der Waals surface area contributed by atoms with Crippen LogP contribution in [0, 0.1) is 0 Å². The van der Waals surface area contributed by atoms with E-state index in [1.165, 1.54) is 0 Å². The molecule has 0 saturated heterocycles. The van der Waals surface area contributed by atoms with Gasteiger partial charge in [0.1, 0.15) is 0 Å². The molecule has 1 nitrogen and oxygen atoms in total. The highest BCUT2D eigenvalue weighted by molar-refractivity contribution is 5.62. The molecule has 0 bridgehead atoms. The fourth-order valence-electron chi connectivity index (χ4n) is 1.39. The van der Waals surface area contributed by atoms with Gasteiger partial charge in [-0.25, -0.2) is 0 Å². The molecule has 69 valence electrons. The number of unbranched alkanes of at least 4 members (excludes halogenated alkanes) is 1. The van der Waals surface area contributed by atoms with Crippen molar-refractivity contribution < 1.29 is 4.79 Å². The van der Waals surface area contributed by atoms with Crippen LogP contribution in [0.15, 0.2) is 30.3 Å². The van der Waals surface area contributed by atoms with Crippen molar-refractivity contribution in [3.8, 4) is 0 Å². The Morgan fingerprint density at radius 2 is 2.00 bits per heavy atom. The Bertz CT molecular complexity index is 241. The van der Waals surface area contributed by atoms with Crippen LogP contribution in [-0.2, 0) is 4.79 Å². The molecule has 0 saturated carbocycles. The van der Waals surface area contributed by atoms with Crippen molar-refractivity contribution in [2.24, 2.45) is 0 Å². The first-order valence-corrected chi connectivity index (χ1v) is 4.81. The Hall–Kier alpha value is -1.11. The molecule has 1 aromatic rings. The van der Waals surface area contributed by atoms with Gasteiger partial charge in [0.25, 0.3) is 0 Å². The highest BCUT2D eigenvalue weighted by atomic mass is 16.1. The van der Waals surface area contributed by atoms with E-state index in [1.807, 2.05) is 30.3 Å². The van der Waals surface area contributed by atoms with Crippen LogP contribution in [0.3, 0.4) is 0 Å². The molecule has 1 unspecified atom stereocenters. The summed E-state index contributed by atoms with van der Waals surface area (Å²) >= 11 is 0. The molecule has 0 aliphatic heterocycles. The summed E-state index contributed by atoms with van der Waals surface area (Å²) in [6.45, 7) is 2.13. The monoisotopic (exact) mass is 175 g/mol. The molecule has 0 heterocycles. The summed E-state index contributed by atoms with van der Waals surface area (Å²) in [6, 6.07) is 9.87. The van der Waals surface area contributed by atoms with Crippen molar-refractivity contribution in [2.45, 2.75) is 32.1 Å². The second-order valence-corrected chi connectivity index (χ2v) is 3.22. The van der Waals surface area contributed by atoms with Crippen molar-refractivity contribution in [3.63, 3.8) is 0 Å². The second kappa shape index (κ2) is 5.52. The van der Waals surface area contributed by atoms with Crippen LogP contribution in [0.5, 0.6) is 0 Å². The lowest BCUT2D eigenvalue weighted by Gasteiger charge is -2.07. The molecule has 1 atom stereocenters. The number of rotatable bonds is 5. The molecule has 0 N–H and O–H groups in total. The van der Waals surface area contributed by atoms with E-state index in [9.17, 15) is 4.79 Å². The summed E-state index contributed by atoms with van der Waals surface area (Å²) in [7, 11) is 0. The van der Waals surface area contributed by atoms with E-state index in [1.54, 1.807) is 0 Å². The number of hydrogen-bond donors (Lipinski definition) is 0. The second-order valence-electron chi connectivity index (χ2n) is 3.22. The lowest BCUT2D eigenvalue weighted by molar-refractivity contribution is 0.532. The molecular weight excluding hydrogens is 160 g/mol. The first-order chi connectivity index (χ1) is 6.38. The Morgan fingerprint density at radius 1 is 1.31 bits per heavy atom. The first-order valence-electron chi connectivity index (χ1n) is 4.81. The Labute approximate surface area is 79.8 Å². The van der Waals surface area contributed by atoms with Gasteiger partial charge < -0.3 is 0 Å². The maximum Gasteiger partial charge on any atom is 0.206 e. The van der Waals surface area contributed by atoms with Gasteiger partial charge in [-0.3, -0.25) is 4.79 Å². The van der Waals surface area contributed by atoms with Gasteiger partial charge in [0.15, 0.2) is 0 Å². The fraction of sp³-hybridized carbons (Fsp3) is 0.417. The normalized spacial score (nSPS) is 12.4. The summed E-state index contributed by atoms with van der Waals surface area (Å²) in [4.78, 5) is 10.7. The quantitative estimate of drug-likeness (QED) is 0.672. The van der Waals surface area contributed by atoms with E-state index in [-0.39, 0.29) is 5.92 Å². The van der Waals surface area contributed by atoms with Crippen LogP contribution in [0.1, 0.15) is 37.7 Å². The number of benzene rings is 1. The highest BCUT2D eigenvalue weighted by Crippen LogP contribution is 2.19. The zero-order valence-corrected chi connectivity index (χ0v) is 7.99. The molecule has 0 aliphatic carbocycles. The van der Waals surface area contributed by atoms with Crippen molar-refractivity contribution in [1.29, 1.82) is 0 Å². The van der Waals surface area contributed by atoms with Crippen LogP contribution < -0.4 is 0 Å². The Morgan fingerprint density at radius 3 is 2.54 bits per heavy atom. The zero-order chi connectivity index (χ0) is 9.52. The lowest BCUT2D eigenvalue weighted by atomic mass is 9.95. The van der Waals surface area contributed by atoms with Crippen molar-refractivity contribution in [2.75, 3.05) is 0 Å². The average molecular weight is 175 g/mol. The van der Waals surface area contributed by atoms with Gasteiger partial charge >= 0.3 is 0 Å². The van der Waals surface area contributed by atoms with E-state index < -0.39 is 0 Å². The predicted octanol–water partition coefficient (Wildman–Crippen LogP) is 3.07. The molecule has 1 heteroatoms. The van der Waals surface area contributed by atoms with Crippen LogP contribution in [0.25, 0.3) is 0 Å². The predicted molar refractivity (Wildman–Crippen MR) is 54.4 cm³/mol. The maximum absolute atomic E-state index is 10.7. The standard InChI is InChI=1S/C12H15O/c1-2-3-7-12(10-13)11-8-5-4-6-9-11/h4-6,8-9,12H,2-3,7H2,1H3. The minimum atomic E-state index is -0.0267. The minimum absolute atomic E-state index is 0.0267. The molecule has 1 radical (unpaired) electrons. The van der Waals surface area contributed by atoms with Crippen LogP contribution in [0.4, 0.5) is 0 Å². The Balaban J connectivity index is 2.61. The lowest BCUT2D eigenvalue weighted by Crippen LogP contribution is -1.99. The zero-order valence-electron chi connectivity index (χ0n) is 7.99. The van der Waals surface area contributed by atoms with E-state index in [0.29, 0.717) is 0 Å². The molecule has 13 heavy (non-hydrogen) atoms. The third-order valence-corrected chi connectivity index (χ3v) is 2.19. The van der Waals surface area contributed by atoms with Gasteiger partial charge in [0.05, 0.1) is 5.92 Å². The molecule has 0 aromatic heterocycles. The van der Waals surface area contributed by atoms with Crippen LogP contribution in [0.2, 0.25) is 0 Å². The molecular formula is C12H15O. The summed E-state index contributed by atoms with van der Waals surface area (Å²) in [5, 5.41) is 0. The summed E-state index contributed by atoms with van der Waals surface area (Å²) in [5.74, 6) is -0.0267. The first kappa shape index (κ1) is 9.97. The molecule has 0 spiro atoms. The van der Waals surface area contributed by atoms with Gasteiger partial charge in [-0.1, -0.05) is 50.1 Å².